The van der Waals surface area contributed by atoms with E-state index in [-0.39, 0.29) is 6.03 Å². The number of carbonyl (C=O) groups is 1. The van der Waals surface area contributed by atoms with Gasteiger partial charge >= 0.3 is 6.03 Å². The van der Waals surface area contributed by atoms with Crippen LogP contribution in [-0.4, -0.2) is 23.5 Å². The van der Waals surface area contributed by atoms with Crippen molar-refractivity contribution in [1.29, 1.82) is 0 Å². The van der Waals surface area contributed by atoms with Gasteiger partial charge in [0.2, 0.25) is 0 Å². The number of amides is 2. The molecule has 0 radical (unpaired) electrons. The van der Waals surface area contributed by atoms with Gasteiger partial charge in [0.1, 0.15) is 0 Å². The first-order valence-electron chi connectivity index (χ1n) is 4.00. The summed E-state index contributed by atoms with van der Waals surface area (Å²) in [6, 6.07) is 0.128. The molecule has 2 rings (SSSR count). The molecule has 11 heavy (non-hydrogen) atoms. The number of primary amides is 1. The first-order valence-corrected chi connectivity index (χ1v) is 4.00. The zero-order valence-electron chi connectivity index (χ0n) is 6.36. The highest BCUT2D eigenvalue weighted by molar-refractivity contribution is 5.73. The fourth-order valence-corrected chi connectivity index (χ4v) is 2.01. The Morgan fingerprint density at radius 3 is 3.09 bits per heavy atom. The van der Waals surface area contributed by atoms with E-state index in [1.807, 2.05) is 0 Å². The molecule has 2 bridgehead atoms. The van der Waals surface area contributed by atoms with Crippen LogP contribution in [0.5, 0.6) is 0 Å². The molecule has 1 saturated heterocycles. The van der Waals surface area contributed by atoms with Crippen molar-refractivity contribution in [3.8, 4) is 0 Å². The van der Waals surface area contributed by atoms with Gasteiger partial charge in [-0.05, 0) is 18.8 Å². The summed E-state index contributed by atoms with van der Waals surface area (Å²) < 4.78 is 0. The van der Waals surface area contributed by atoms with Gasteiger partial charge in [-0.15, -0.1) is 0 Å². The Bertz CT molecular complexity index is 212. The van der Waals surface area contributed by atoms with E-state index in [2.05, 4.69) is 12.2 Å². The first-order chi connectivity index (χ1) is 5.27. The second kappa shape index (κ2) is 2.26. The number of nitrogens with two attached hydrogens (primary N) is 1. The van der Waals surface area contributed by atoms with Crippen molar-refractivity contribution < 1.29 is 4.79 Å². The van der Waals surface area contributed by atoms with Crippen LogP contribution in [0.4, 0.5) is 4.79 Å². The SMILES string of the molecule is NC(=O)N1CC2C=CCC1C2. The number of fused-ring (bicyclic) bond motifs is 2. The number of hydrogen-bond acceptors (Lipinski definition) is 1. The lowest BCUT2D eigenvalue weighted by atomic mass is 9.97. The van der Waals surface area contributed by atoms with Gasteiger partial charge in [-0.3, -0.25) is 0 Å². The normalized spacial score (nSPS) is 34.4. The van der Waals surface area contributed by atoms with Gasteiger partial charge in [-0.2, -0.15) is 0 Å². The quantitative estimate of drug-likeness (QED) is 0.511. The van der Waals surface area contributed by atoms with Gasteiger partial charge in [0.05, 0.1) is 0 Å². The first kappa shape index (κ1) is 6.70. The van der Waals surface area contributed by atoms with Gasteiger partial charge in [0, 0.05) is 12.6 Å². The van der Waals surface area contributed by atoms with Crippen LogP contribution in [0.2, 0.25) is 0 Å². The maximum absolute atomic E-state index is 10.9. The molecule has 1 fully saturated rings. The summed E-state index contributed by atoms with van der Waals surface area (Å²) >= 11 is 0. The average Bonchev–Trinajstić information content (AvgIpc) is 2.27. The fourth-order valence-electron chi connectivity index (χ4n) is 2.01. The molecular weight excluding hydrogens is 140 g/mol. The van der Waals surface area contributed by atoms with Gasteiger partial charge in [0.15, 0.2) is 0 Å². The third-order valence-electron chi connectivity index (χ3n) is 2.55. The molecule has 2 unspecified atom stereocenters. The zero-order valence-corrected chi connectivity index (χ0v) is 6.36. The van der Waals surface area contributed by atoms with Crippen LogP contribution < -0.4 is 5.73 Å². The maximum atomic E-state index is 10.9. The Labute approximate surface area is 65.9 Å². The van der Waals surface area contributed by atoms with Gasteiger partial charge in [-0.25, -0.2) is 4.79 Å². The number of nitrogens with zero attached hydrogens (tertiary/aromatic N) is 1. The van der Waals surface area contributed by atoms with Crippen LogP contribution in [0.1, 0.15) is 12.8 Å². The third-order valence-corrected chi connectivity index (χ3v) is 2.55. The van der Waals surface area contributed by atoms with E-state index >= 15 is 0 Å². The number of likely N-dealkylation sites (tertiary alicyclic amines) is 1. The minimum atomic E-state index is -0.263. The van der Waals surface area contributed by atoms with Crippen LogP contribution in [-0.2, 0) is 0 Å². The van der Waals surface area contributed by atoms with Gasteiger partial charge < -0.3 is 10.6 Å². The Balaban J connectivity index is 2.14. The Morgan fingerprint density at radius 2 is 2.45 bits per heavy atom. The van der Waals surface area contributed by atoms with Crippen LogP contribution >= 0.6 is 0 Å². The predicted molar refractivity (Wildman–Crippen MR) is 41.9 cm³/mol. The highest BCUT2D eigenvalue weighted by Crippen LogP contribution is 2.30. The molecule has 2 aliphatic rings. The van der Waals surface area contributed by atoms with E-state index in [1.165, 1.54) is 0 Å². The van der Waals surface area contributed by atoms with Crippen LogP contribution in [0.3, 0.4) is 0 Å². The summed E-state index contributed by atoms with van der Waals surface area (Å²) in [5, 5.41) is 0. The molecular formula is C8H12N2O. The summed E-state index contributed by atoms with van der Waals surface area (Å²) in [6.45, 7) is 0.830. The molecule has 0 aromatic carbocycles. The van der Waals surface area contributed by atoms with Crippen molar-refractivity contribution >= 4 is 6.03 Å². The largest absolute Gasteiger partial charge is 0.351 e. The molecule has 1 aliphatic carbocycles. The van der Waals surface area contributed by atoms with Crippen molar-refractivity contribution in [2.24, 2.45) is 11.7 Å². The van der Waals surface area contributed by atoms with Crippen LogP contribution in [0.25, 0.3) is 0 Å². The second-order valence-electron chi connectivity index (χ2n) is 3.30. The standard InChI is InChI=1S/C8H12N2O/c9-8(11)10-5-6-2-1-3-7(10)4-6/h1-2,6-7H,3-5H2,(H2,9,11). The van der Waals surface area contributed by atoms with Gasteiger partial charge in [-0.1, -0.05) is 12.2 Å². The molecule has 60 valence electrons. The number of urea groups is 1. The zero-order chi connectivity index (χ0) is 7.84. The van der Waals surface area contributed by atoms with E-state index in [0.29, 0.717) is 12.0 Å². The minimum Gasteiger partial charge on any atom is -0.351 e. The molecule has 0 aromatic rings. The minimum absolute atomic E-state index is 0.263. The lowest BCUT2D eigenvalue weighted by Gasteiger charge is -2.20. The number of carbonyl (C=O) groups excluding carboxylic acids is 1. The van der Waals surface area contributed by atoms with E-state index in [4.69, 9.17) is 5.73 Å². The topological polar surface area (TPSA) is 46.3 Å². The second-order valence-corrected chi connectivity index (χ2v) is 3.30. The fraction of sp³-hybridized carbons (Fsp3) is 0.625. The van der Waals surface area contributed by atoms with E-state index in [0.717, 1.165) is 19.4 Å². The van der Waals surface area contributed by atoms with Crippen molar-refractivity contribution in [1.82, 2.24) is 4.90 Å². The molecule has 1 heterocycles. The molecule has 0 aromatic heterocycles. The summed E-state index contributed by atoms with van der Waals surface area (Å²) in [6.07, 6.45) is 6.44. The molecule has 2 atom stereocenters. The predicted octanol–water partition coefficient (Wildman–Crippen LogP) is 0.716. The monoisotopic (exact) mass is 152 g/mol. The molecule has 1 aliphatic heterocycles. The van der Waals surface area contributed by atoms with Crippen LogP contribution in [0.15, 0.2) is 12.2 Å². The summed E-state index contributed by atoms with van der Waals surface area (Å²) in [5.41, 5.74) is 5.21. The van der Waals surface area contributed by atoms with E-state index in [1.54, 1.807) is 4.90 Å². The van der Waals surface area contributed by atoms with E-state index in [9.17, 15) is 4.79 Å². The maximum Gasteiger partial charge on any atom is 0.315 e. The smallest absolute Gasteiger partial charge is 0.315 e. The lowest BCUT2D eigenvalue weighted by molar-refractivity contribution is 0.203. The summed E-state index contributed by atoms with van der Waals surface area (Å²) in [5.74, 6) is 0.571. The highest BCUT2D eigenvalue weighted by atomic mass is 16.2. The van der Waals surface area contributed by atoms with Crippen molar-refractivity contribution in [3.63, 3.8) is 0 Å². The summed E-state index contributed by atoms with van der Waals surface area (Å²) in [7, 11) is 0. The average molecular weight is 152 g/mol. The van der Waals surface area contributed by atoms with Gasteiger partial charge in [0.25, 0.3) is 0 Å². The molecule has 0 saturated carbocycles. The van der Waals surface area contributed by atoms with E-state index < -0.39 is 0 Å². The molecule has 3 heteroatoms. The Hall–Kier alpha value is -0.990. The number of rotatable bonds is 0. The highest BCUT2D eigenvalue weighted by Gasteiger charge is 2.34. The van der Waals surface area contributed by atoms with Crippen LogP contribution in [0, 0.1) is 5.92 Å². The molecule has 3 nitrogen and oxygen atoms in total. The molecule has 2 N–H and O–H groups in total. The number of hydrogen-bond donors (Lipinski definition) is 1. The molecule has 2 amide bonds. The summed E-state index contributed by atoms with van der Waals surface area (Å²) in [4.78, 5) is 12.6. The third kappa shape index (κ3) is 1.00. The lowest BCUT2D eigenvalue weighted by Crippen LogP contribution is -2.38. The van der Waals surface area contributed by atoms with Crippen molar-refractivity contribution in [2.75, 3.05) is 6.54 Å². The Kier molecular flexibility index (Phi) is 1.37. The Morgan fingerprint density at radius 1 is 1.64 bits per heavy atom. The molecule has 0 spiro atoms. The van der Waals surface area contributed by atoms with Crippen molar-refractivity contribution in [2.45, 2.75) is 18.9 Å². The van der Waals surface area contributed by atoms with Crippen molar-refractivity contribution in [3.05, 3.63) is 12.2 Å².